The van der Waals surface area contributed by atoms with Crippen LogP contribution in [0.25, 0.3) is 0 Å². The molecule has 2 aromatic heterocycles. The van der Waals surface area contributed by atoms with Crippen molar-refractivity contribution in [3.8, 4) is 0 Å². The number of benzene rings is 2. The van der Waals surface area contributed by atoms with Gasteiger partial charge in [-0.25, -0.2) is 4.39 Å². The van der Waals surface area contributed by atoms with Crippen LogP contribution >= 0.6 is 23.4 Å². The molecule has 9 heteroatoms. The molecule has 0 spiro atoms. The van der Waals surface area contributed by atoms with Gasteiger partial charge in [-0.15, -0.1) is 10.2 Å². The molecule has 31 heavy (non-hydrogen) atoms. The van der Waals surface area contributed by atoms with Crippen LogP contribution in [0, 0.1) is 5.82 Å². The van der Waals surface area contributed by atoms with E-state index < -0.39 is 0 Å². The van der Waals surface area contributed by atoms with Crippen LogP contribution in [0.3, 0.4) is 0 Å². The number of aromatic nitrogens is 2. The van der Waals surface area contributed by atoms with E-state index in [0.717, 1.165) is 17.3 Å². The molecule has 4 rings (SSSR count). The molecular weight excluding hydrogens is 441 g/mol. The highest BCUT2D eigenvalue weighted by molar-refractivity contribution is 7.99. The zero-order valence-electron chi connectivity index (χ0n) is 16.1. The summed E-state index contributed by atoms with van der Waals surface area (Å²) in [7, 11) is 0. The Kier molecular flexibility index (Phi) is 6.69. The Balaban J connectivity index is 1.38. The second-order valence-corrected chi connectivity index (χ2v) is 7.99. The summed E-state index contributed by atoms with van der Waals surface area (Å²) in [6.45, 7) is 0. The molecule has 6 nitrogen and oxygen atoms in total. The molecule has 1 atom stereocenters. The molecule has 2 aromatic carbocycles. The monoisotopic (exact) mass is 457 g/mol. The van der Waals surface area contributed by atoms with Gasteiger partial charge < -0.3 is 14.2 Å². The Hall–Kier alpha value is -3.10. The summed E-state index contributed by atoms with van der Waals surface area (Å²) in [5, 5.41) is 11.7. The van der Waals surface area contributed by atoms with Crippen molar-refractivity contribution < 1.29 is 18.0 Å². The molecule has 0 aliphatic carbocycles. The van der Waals surface area contributed by atoms with Gasteiger partial charge in [-0.2, -0.15) is 0 Å². The van der Waals surface area contributed by atoms with E-state index in [9.17, 15) is 9.18 Å². The standard InChI is InChI=1S/C22H17ClFN3O3S/c23-15-5-9-17(10-6-15)25-20(28)13-31-22-27-26-21(30-22)12-18(19-2-1-11-29-19)14-3-7-16(24)8-4-14/h1-11,18H,12-13H2,(H,25,28)/t18-/m0/s1. The predicted molar refractivity (Wildman–Crippen MR) is 116 cm³/mol. The lowest BCUT2D eigenvalue weighted by Crippen LogP contribution is -2.13. The number of hydrogen-bond acceptors (Lipinski definition) is 6. The van der Waals surface area contributed by atoms with Crippen LogP contribution in [0.4, 0.5) is 10.1 Å². The summed E-state index contributed by atoms with van der Waals surface area (Å²) >= 11 is 6.98. The third-order valence-corrected chi connectivity index (χ3v) is 5.51. The number of halogens is 2. The van der Waals surface area contributed by atoms with Crippen molar-refractivity contribution >= 4 is 35.0 Å². The fourth-order valence-electron chi connectivity index (χ4n) is 2.98. The first-order valence-corrected chi connectivity index (χ1v) is 10.7. The number of anilines is 1. The van der Waals surface area contributed by atoms with E-state index in [1.165, 1.54) is 12.1 Å². The second-order valence-electron chi connectivity index (χ2n) is 6.63. The normalized spacial score (nSPS) is 11.9. The highest BCUT2D eigenvalue weighted by Gasteiger charge is 2.21. The summed E-state index contributed by atoms with van der Waals surface area (Å²) in [6, 6.07) is 16.7. The fraction of sp³-hybridized carbons (Fsp3) is 0.136. The van der Waals surface area contributed by atoms with Gasteiger partial charge in [0.05, 0.1) is 17.9 Å². The van der Waals surface area contributed by atoms with Gasteiger partial charge >= 0.3 is 0 Å². The first-order valence-electron chi connectivity index (χ1n) is 9.36. The number of carbonyl (C=O) groups excluding carboxylic acids is 1. The Morgan fingerprint density at radius 2 is 1.87 bits per heavy atom. The van der Waals surface area contributed by atoms with Crippen LogP contribution in [-0.4, -0.2) is 21.9 Å². The largest absolute Gasteiger partial charge is 0.469 e. The molecule has 0 radical (unpaired) electrons. The zero-order valence-corrected chi connectivity index (χ0v) is 17.7. The fourth-order valence-corrected chi connectivity index (χ4v) is 3.68. The number of thioether (sulfide) groups is 1. The number of amides is 1. The lowest BCUT2D eigenvalue weighted by Gasteiger charge is -2.13. The predicted octanol–water partition coefficient (Wildman–Crippen LogP) is 5.56. The maximum Gasteiger partial charge on any atom is 0.277 e. The molecule has 2 heterocycles. The minimum absolute atomic E-state index is 0.115. The summed E-state index contributed by atoms with van der Waals surface area (Å²) in [6.07, 6.45) is 1.96. The molecule has 1 amide bonds. The third kappa shape index (κ3) is 5.74. The number of hydrogen-bond donors (Lipinski definition) is 1. The number of furan rings is 1. The van der Waals surface area contributed by atoms with Crippen molar-refractivity contribution in [2.45, 2.75) is 17.6 Å². The van der Waals surface area contributed by atoms with E-state index in [2.05, 4.69) is 15.5 Å². The van der Waals surface area contributed by atoms with Gasteiger partial charge in [0.1, 0.15) is 11.6 Å². The third-order valence-electron chi connectivity index (χ3n) is 4.44. The van der Waals surface area contributed by atoms with Gasteiger partial charge in [-0.05, 0) is 54.1 Å². The van der Waals surface area contributed by atoms with Crippen LogP contribution in [0.1, 0.15) is 23.1 Å². The van der Waals surface area contributed by atoms with Crippen LogP contribution < -0.4 is 5.32 Å². The van der Waals surface area contributed by atoms with E-state index in [4.69, 9.17) is 20.4 Å². The smallest absolute Gasteiger partial charge is 0.277 e. The number of nitrogens with zero attached hydrogens (tertiary/aromatic N) is 2. The van der Waals surface area contributed by atoms with Crippen molar-refractivity contribution in [2.75, 3.05) is 11.1 Å². The van der Waals surface area contributed by atoms with Crippen molar-refractivity contribution in [3.05, 3.63) is 95.0 Å². The Morgan fingerprint density at radius 3 is 2.58 bits per heavy atom. The maximum absolute atomic E-state index is 13.3. The molecule has 4 aromatic rings. The van der Waals surface area contributed by atoms with Crippen LogP contribution in [0.5, 0.6) is 0 Å². The zero-order chi connectivity index (χ0) is 21.6. The number of rotatable bonds is 8. The minimum Gasteiger partial charge on any atom is -0.469 e. The first kappa shape index (κ1) is 21.1. The highest BCUT2D eigenvalue weighted by atomic mass is 35.5. The number of nitrogens with one attached hydrogen (secondary N) is 1. The quantitative estimate of drug-likeness (QED) is 0.349. The molecule has 158 valence electrons. The minimum atomic E-state index is -0.310. The van der Waals surface area contributed by atoms with E-state index in [1.54, 1.807) is 48.7 Å². The molecule has 0 aliphatic rings. The van der Waals surface area contributed by atoms with E-state index in [0.29, 0.717) is 34.0 Å². The molecule has 0 bridgehead atoms. The summed E-state index contributed by atoms with van der Waals surface area (Å²) in [5.41, 5.74) is 1.52. The van der Waals surface area contributed by atoms with Crippen molar-refractivity contribution in [2.24, 2.45) is 0 Å². The summed E-state index contributed by atoms with van der Waals surface area (Å²) in [5.74, 6) is 0.501. The Bertz CT molecular complexity index is 1130. The molecular formula is C22H17ClFN3O3S. The molecule has 1 N–H and O–H groups in total. The lowest BCUT2D eigenvalue weighted by molar-refractivity contribution is -0.113. The van der Waals surface area contributed by atoms with E-state index >= 15 is 0 Å². The van der Waals surface area contributed by atoms with Gasteiger partial charge in [0.25, 0.3) is 5.22 Å². The van der Waals surface area contributed by atoms with Crippen molar-refractivity contribution in [1.82, 2.24) is 10.2 Å². The van der Waals surface area contributed by atoms with Gasteiger partial charge in [-0.1, -0.05) is 35.5 Å². The van der Waals surface area contributed by atoms with Gasteiger partial charge in [0, 0.05) is 17.1 Å². The van der Waals surface area contributed by atoms with E-state index in [1.807, 2.05) is 6.07 Å². The van der Waals surface area contributed by atoms with Crippen LogP contribution in [0.15, 0.2) is 81.0 Å². The van der Waals surface area contributed by atoms with Crippen LogP contribution in [-0.2, 0) is 11.2 Å². The molecule has 0 unspecified atom stereocenters. The highest BCUT2D eigenvalue weighted by Crippen LogP contribution is 2.29. The molecule has 0 aliphatic heterocycles. The van der Waals surface area contributed by atoms with E-state index in [-0.39, 0.29) is 23.4 Å². The topological polar surface area (TPSA) is 81.2 Å². The molecule has 0 saturated carbocycles. The molecule has 0 fully saturated rings. The Morgan fingerprint density at radius 1 is 1.10 bits per heavy atom. The lowest BCUT2D eigenvalue weighted by atomic mass is 9.93. The Labute approximate surface area is 186 Å². The van der Waals surface area contributed by atoms with Gasteiger partial charge in [0.2, 0.25) is 11.8 Å². The second kappa shape index (κ2) is 9.80. The first-order chi connectivity index (χ1) is 15.1. The van der Waals surface area contributed by atoms with Gasteiger partial charge in [0.15, 0.2) is 0 Å². The SMILES string of the molecule is O=C(CSc1nnc(C[C@@H](c2ccc(F)cc2)c2ccco2)o1)Nc1ccc(Cl)cc1. The summed E-state index contributed by atoms with van der Waals surface area (Å²) < 4.78 is 24.6. The maximum atomic E-state index is 13.3. The van der Waals surface area contributed by atoms with Crippen LogP contribution in [0.2, 0.25) is 5.02 Å². The van der Waals surface area contributed by atoms with Crippen molar-refractivity contribution in [1.29, 1.82) is 0 Å². The van der Waals surface area contributed by atoms with Gasteiger partial charge in [-0.3, -0.25) is 4.79 Å². The van der Waals surface area contributed by atoms with Crippen molar-refractivity contribution in [3.63, 3.8) is 0 Å². The number of carbonyl (C=O) groups is 1. The average molecular weight is 458 g/mol. The average Bonchev–Trinajstić information content (AvgIpc) is 3.45. The molecule has 0 saturated heterocycles. The summed E-state index contributed by atoms with van der Waals surface area (Å²) in [4.78, 5) is 12.1.